The molecule has 10 heteroatoms. The molecule has 0 radical (unpaired) electrons. The molecule has 0 amide bonds. The molecule has 0 rings (SSSR count). The zero-order chi connectivity index (χ0) is 48.5. The number of carbonyl (C=O) groups excluding carboxylic acids is 2. The van der Waals surface area contributed by atoms with Crippen LogP contribution in [0.4, 0.5) is 0 Å². The number of nitrogens with zero attached hydrogens (tertiary/aromatic N) is 1. The van der Waals surface area contributed by atoms with Crippen LogP contribution in [0.25, 0.3) is 0 Å². The Morgan fingerprint density at radius 1 is 0.455 bits per heavy atom. The summed E-state index contributed by atoms with van der Waals surface area (Å²) in [6.45, 7) is 4.26. The Labute approximate surface area is 409 Å². The summed E-state index contributed by atoms with van der Waals surface area (Å²) in [4.78, 5) is 37.7. The van der Waals surface area contributed by atoms with Crippen molar-refractivity contribution in [2.75, 3.05) is 47.5 Å². The maximum absolute atomic E-state index is 12.7. The fourth-order valence-corrected chi connectivity index (χ4v) is 9.09. The molecule has 0 N–H and O–H groups in total. The first-order valence-corrected chi connectivity index (χ1v) is 29.9. The van der Waals surface area contributed by atoms with E-state index in [4.69, 9.17) is 18.5 Å². The Balaban J connectivity index is 4.00. The van der Waals surface area contributed by atoms with Gasteiger partial charge in [0, 0.05) is 12.8 Å². The minimum absolute atomic E-state index is 0.0290. The second-order valence-corrected chi connectivity index (χ2v) is 22.1. The van der Waals surface area contributed by atoms with E-state index in [1.165, 1.54) is 199 Å². The maximum Gasteiger partial charge on any atom is 0.306 e. The number of quaternary nitrogens is 1. The lowest BCUT2D eigenvalue weighted by Gasteiger charge is -2.28. The van der Waals surface area contributed by atoms with Gasteiger partial charge < -0.3 is 27.9 Å². The van der Waals surface area contributed by atoms with E-state index in [0.717, 1.165) is 51.4 Å². The van der Waals surface area contributed by atoms with Crippen LogP contribution >= 0.6 is 7.82 Å². The van der Waals surface area contributed by atoms with E-state index < -0.39 is 26.5 Å². The molecule has 0 saturated carbocycles. The molecule has 392 valence electrons. The third kappa shape index (κ3) is 52.1. The highest BCUT2D eigenvalue weighted by atomic mass is 31.2. The Bertz CT molecular complexity index is 1130. The normalized spacial score (nSPS) is 13.4. The largest absolute Gasteiger partial charge is 0.756 e. The van der Waals surface area contributed by atoms with Gasteiger partial charge in [-0.2, -0.15) is 0 Å². The van der Waals surface area contributed by atoms with Gasteiger partial charge in [-0.15, -0.1) is 0 Å². The van der Waals surface area contributed by atoms with E-state index in [0.29, 0.717) is 17.4 Å². The molecule has 0 aliphatic carbocycles. The molecule has 2 unspecified atom stereocenters. The van der Waals surface area contributed by atoms with Crippen molar-refractivity contribution >= 4 is 19.8 Å². The Morgan fingerprint density at radius 2 is 0.773 bits per heavy atom. The minimum Gasteiger partial charge on any atom is -0.756 e. The first kappa shape index (κ1) is 64.8. The standard InChI is InChI=1S/C56H110NO8P/c1-6-8-10-12-14-16-18-20-21-22-23-24-25-26-27-28-29-30-31-32-33-34-35-37-38-40-42-44-46-48-55(58)62-52-54(53-64-66(60,61)63-51-50-57(3,4)5)65-56(59)49-47-45-43-41-39-36-19-17-15-13-11-9-7-2/h17,19,54H,6-16,18,20-53H2,1-5H3/b19-17-. The smallest absolute Gasteiger partial charge is 0.306 e. The van der Waals surface area contributed by atoms with Gasteiger partial charge >= 0.3 is 11.9 Å². The molecule has 0 aliphatic heterocycles. The number of unbranched alkanes of at least 4 members (excludes halogenated alkanes) is 37. The van der Waals surface area contributed by atoms with Crippen LogP contribution in [0, 0.1) is 0 Å². The molecule has 9 nitrogen and oxygen atoms in total. The molecule has 0 heterocycles. The summed E-state index contributed by atoms with van der Waals surface area (Å²) in [6, 6.07) is 0. The minimum atomic E-state index is -4.63. The van der Waals surface area contributed by atoms with Crippen molar-refractivity contribution in [1.82, 2.24) is 0 Å². The van der Waals surface area contributed by atoms with Crippen LogP contribution in [-0.4, -0.2) is 70.0 Å². The predicted octanol–water partition coefficient (Wildman–Crippen LogP) is 16.6. The zero-order valence-corrected chi connectivity index (χ0v) is 45.3. The maximum atomic E-state index is 12.7. The van der Waals surface area contributed by atoms with E-state index in [9.17, 15) is 19.0 Å². The third-order valence-electron chi connectivity index (χ3n) is 12.8. The number of esters is 2. The van der Waals surface area contributed by atoms with Gasteiger partial charge in [0.15, 0.2) is 6.10 Å². The molecule has 0 spiro atoms. The van der Waals surface area contributed by atoms with Crippen molar-refractivity contribution in [3.8, 4) is 0 Å². The highest BCUT2D eigenvalue weighted by molar-refractivity contribution is 7.45. The second-order valence-electron chi connectivity index (χ2n) is 20.7. The number of ether oxygens (including phenoxy) is 2. The molecule has 0 aromatic rings. The van der Waals surface area contributed by atoms with Gasteiger partial charge in [-0.25, -0.2) is 0 Å². The molecule has 0 aliphatic rings. The van der Waals surface area contributed by atoms with Crippen LogP contribution < -0.4 is 4.89 Å². The molecular weight excluding hydrogens is 846 g/mol. The van der Waals surface area contributed by atoms with Crippen LogP contribution in [0.5, 0.6) is 0 Å². The predicted molar refractivity (Wildman–Crippen MR) is 278 cm³/mol. The van der Waals surface area contributed by atoms with Crippen molar-refractivity contribution in [2.24, 2.45) is 0 Å². The fourth-order valence-electron chi connectivity index (χ4n) is 8.36. The molecule has 66 heavy (non-hydrogen) atoms. The summed E-state index contributed by atoms with van der Waals surface area (Å²) in [7, 11) is 1.18. The Kier molecular flexibility index (Phi) is 47.8. The number of likely N-dealkylation sites (N-methyl/N-ethyl adjacent to an activating group) is 1. The van der Waals surface area contributed by atoms with E-state index >= 15 is 0 Å². The van der Waals surface area contributed by atoms with Gasteiger partial charge in [0.2, 0.25) is 0 Å². The zero-order valence-electron chi connectivity index (χ0n) is 44.4. The molecule has 0 fully saturated rings. The number of hydrogen-bond acceptors (Lipinski definition) is 8. The average Bonchev–Trinajstić information content (AvgIpc) is 3.27. The topological polar surface area (TPSA) is 111 Å². The van der Waals surface area contributed by atoms with Crippen molar-refractivity contribution < 1.29 is 42.1 Å². The van der Waals surface area contributed by atoms with Crippen LogP contribution in [0.1, 0.15) is 284 Å². The SMILES string of the molecule is CCCCCC/C=C\CCCCCCCC(=O)OC(COC(=O)CCCCCCCCCCCCCCCCCCCCCCCCCCCCCCC)COP(=O)([O-])OCC[N+](C)(C)C. The van der Waals surface area contributed by atoms with E-state index in [-0.39, 0.29) is 32.0 Å². The molecule has 2 atom stereocenters. The molecular formula is C56H110NO8P. The number of rotatable bonds is 53. The highest BCUT2D eigenvalue weighted by Gasteiger charge is 2.22. The van der Waals surface area contributed by atoms with Crippen LogP contribution in [0.2, 0.25) is 0 Å². The van der Waals surface area contributed by atoms with Crippen LogP contribution in [0.3, 0.4) is 0 Å². The summed E-state index contributed by atoms with van der Waals surface area (Å²) < 4.78 is 34.1. The first-order chi connectivity index (χ1) is 32.0. The number of allylic oxidation sites excluding steroid dienone is 2. The summed E-state index contributed by atoms with van der Waals surface area (Å²) in [5, 5.41) is 0. The van der Waals surface area contributed by atoms with Gasteiger partial charge in [0.1, 0.15) is 19.8 Å². The van der Waals surface area contributed by atoms with E-state index in [2.05, 4.69) is 26.0 Å². The average molecular weight is 956 g/mol. The number of carbonyl (C=O) groups is 2. The molecule has 0 saturated heterocycles. The quantitative estimate of drug-likeness (QED) is 0.0195. The number of hydrogen-bond donors (Lipinski definition) is 0. The molecule has 0 aromatic carbocycles. The molecule has 0 aromatic heterocycles. The lowest BCUT2D eigenvalue weighted by molar-refractivity contribution is -0.870. The summed E-state index contributed by atoms with van der Waals surface area (Å²) in [5.41, 5.74) is 0. The van der Waals surface area contributed by atoms with Gasteiger partial charge in [-0.1, -0.05) is 244 Å². The van der Waals surface area contributed by atoms with E-state index in [1.54, 1.807) is 0 Å². The van der Waals surface area contributed by atoms with Crippen molar-refractivity contribution in [1.29, 1.82) is 0 Å². The lowest BCUT2D eigenvalue weighted by atomic mass is 10.0. The lowest BCUT2D eigenvalue weighted by Crippen LogP contribution is -2.37. The van der Waals surface area contributed by atoms with Crippen molar-refractivity contribution in [3.05, 3.63) is 12.2 Å². The summed E-state index contributed by atoms with van der Waals surface area (Å²) >= 11 is 0. The van der Waals surface area contributed by atoms with E-state index in [1.807, 2.05) is 21.1 Å². The fraction of sp³-hybridized carbons (Fsp3) is 0.929. The summed E-state index contributed by atoms with van der Waals surface area (Å²) in [5.74, 6) is -0.829. The summed E-state index contributed by atoms with van der Waals surface area (Å²) in [6.07, 6.45) is 55.6. The van der Waals surface area contributed by atoms with Gasteiger partial charge in [0.05, 0.1) is 27.7 Å². The highest BCUT2D eigenvalue weighted by Crippen LogP contribution is 2.38. The number of phosphoric acid groups is 1. The van der Waals surface area contributed by atoms with Gasteiger partial charge in [0.25, 0.3) is 7.82 Å². The van der Waals surface area contributed by atoms with Gasteiger partial charge in [-0.05, 0) is 38.5 Å². The van der Waals surface area contributed by atoms with Crippen LogP contribution in [0.15, 0.2) is 12.2 Å². The van der Waals surface area contributed by atoms with Gasteiger partial charge in [-0.3, -0.25) is 14.2 Å². The monoisotopic (exact) mass is 956 g/mol. The first-order valence-electron chi connectivity index (χ1n) is 28.4. The Hall–Kier alpha value is -1.25. The second kappa shape index (κ2) is 48.8. The Morgan fingerprint density at radius 3 is 1.14 bits per heavy atom. The van der Waals surface area contributed by atoms with Crippen molar-refractivity contribution in [3.63, 3.8) is 0 Å². The van der Waals surface area contributed by atoms with Crippen LogP contribution in [-0.2, 0) is 32.7 Å². The van der Waals surface area contributed by atoms with Crippen molar-refractivity contribution in [2.45, 2.75) is 290 Å². The third-order valence-corrected chi connectivity index (χ3v) is 13.7. The molecule has 0 bridgehead atoms. The number of phosphoric ester groups is 1.